The van der Waals surface area contributed by atoms with Gasteiger partial charge in [-0.25, -0.2) is 0 Å². The first kappa shape index (κ1) is 18.5. The summed E-state index contributed by atoms with van der Waals surface area (Å²) in [7, 11) is 0. The molecule has 2 N–H and O–H groups in total. The Morgan fingerprint density at radius 3 is 2.62 bits per heavy atom. The zero-order chi connectivity index (χ0) is 20.0. The fourth-order valence-corrected chi connectivity index (χ4v) is 4.99. The minimum absolute atomic E-state index is 0.141. The minimum Gasteiger partial charge on any atom is -0.375 e. The number of rotatable bonds is 3. The first-order valence-corrected chi connectivity index (χ1v) is 10.3. The zero-order valence-corrected chi connectivity index (χ0v) is 16.3. The second kappa shape index (κ2) is 7.06. The number of morpholine rings is 1. The Hall–Kier alpha value is -2.54. The Morgan fingerprint density at radius 1 is 1.07 bits per heavy atom. The van der Waals surface area contributed by atoms with E-state index >= 15 is 0 Å². The number of aryl methyl sites for hydroxylation is 1. The van der Waals surface area contributed by atoms with Gasteiger partial charge in [0, 0.05) is 11.1 Å². The van der Waals surface area contributed by atoms with Crippen molar-refractivity contribution in [2.75, 3.05) is 37.9 Å². The molecule has 0 aromatic heterocycles. The number of carbonyl (C=O) groups is 2. The van der Waals surface area contributed by atoms with E-state index in [9.17, 15) is 14.7 Å². The number of nitrogens with zero attached hydrogens (tertiary/aromatic N) is 1. The van der Waals surface area contributed by atoms with Gasteiger partial charge < -0.3 is 14.7 Å². The number of Topliss-reactive ketones (excluding diaryl/α,β-unsaturated/α-hetero) is 1. The van der Waals surface area contributed by atoms with Gasteiger partial charge in [-0.2, -0.15) is 0 Å². The topological polar surface area (TPSA) is 71.3 Å². The molecule has 6 nitrogen and oxygen atoms in total. The molecule has 0 bridgehead atoms. The molecule has 2 aromatic rings. The molecule has 0 saturated carbocycles. The number of carbonyl (C=O) groups excluding carboxylic acids is 2. The number of quaternary nitrogens is 1. The Morgan fingerprint density at radius 2 is 1.79 bits per heavy atom. The van der Waals surface area contributed by atoms with Crippen molar-refractivity contribution in [3.63, 3.8) is 0 Å². The third-order valence-corrected chi connectivity index (χ3v) is 6.56. The third kappa shape index (κ3) is 2.82. The molecule has 1 amide bonds. The molecule has 0 radical (unpaired) electrons. The van der Waals surface area contributed by atoms with Crippen molar-refractivity contribution in [2.45, 2.75) is 18.4 Å². The fourth-order valence-electron chi connectivity index (χ4n) is 4.99. The molecule has 1 aliphatic carbocycles. The SMILES string of the molecule is O=C1c2ccccc2CC[C@H]1[C@]1(O)C(=O)N(C[NH+]2CCOCC2)c2ccccc21. The highest BCUT2D eigenvalue weighted by Crippen LogP contribution is 2.47. The van der Waals surface area contributed by atoms with Crippen molar-refractivity contribution in [1.29, 1.82) is 0 Å². The number of fused-ring (bicyclic) bond motifs is 2. The van der Waals surface area contributed by atoms with Crippen molar-refractivity contribution in [1.82, 2.24) is 0 Å². The first-order chi connectivity index (χ1) is 14.1. The molecule has 0 spiro atoms. The summed E-state index contributed by atoms with van der Waals surface area (Å²) in [5.41, 5.74) is 1.07. The molecule has 2 aromatic carbocycles. The Balaban J connectivity index is 1.53. The van der Waals surface area contributed by atoms with Gasteiger partial charge in [-0.3, -0.25) is 14.5 Å². The standard InChI is InChI=1S/C23H24N2O4/c26-21-17-6-2-1-5-16(17)9-10-19(21)23(28)18-7-3-4-8-20(18)25(22(23)27)15-24-11-13-29-14-12-24/h1-8,19,28H,9-15H2/p+1/t19-,23+/m1/s1. The Labute approximate surface area is 169 Å². The van der Waals surface area contributed by atoms with Gasteiger partial charge in [-0.05, 0) is 24.5 Å². The lowest BCUT2D eigenvalue weighted by Crippen LogP contribution is -3.15. The molecule has 1 fully saturated rings. The third-order valence-electron chi connectivity index (χ3n) is 6.56. The van der Waals surface area contributed by atoms with E-state index in [1.54, 1.807) is 17.0 Å². The summed E-state index contributed by atoms with van der Waals surface area (Å²) in [4.78, 5) is 29.8. The van der Waals surface area contributed by atoms with Gasteiger partial charge in [0.25, 0.3) is 5.91 Å². The van der Waals surface area contributed by atoms with Crippen LogP contribution in [0.5, 0.6) is 0 Å². The number of hydrogen-bond donors (Lipinski definition) is 2. The molecule has 150 valence electrons. The van der Waals surface area contributed by atoms with Crippen LogP contribution in [0.1, 0.15) is 27.9 Å². The molecule has 1 saturated heterocycles. The van der Waals surface area contributed by atoms with Crippen molar-refractivity contribution in [3.8, 4) is 0 Å². The molecule has 0 unspecified atom stereocenters. The van der Waals surface area contributed by atoms with E-state index in [1.165, 1.54) is 4.90 Å². The molecule has 2 aliphatic heterocycles. The molecule has 3 aliphatic rings. The highest BCUT2D eigenvalue weighted by Gasteiger charge is 2.58. The van der Waals surface area contributed by atoms with Crippen LogP contribution in [-0.2, 0) is 21.6 Å². The van der Waals surface area contributed by atoms with Gasteiger partial charge in [-0.1, -0.05) is 42.5 Å². The van der Waals surface area contributed by atoms with E-state index in [-0.39, 0.29) is 11.7 Å². The van der Waals surface area contributed by atoms with Crippen LogP contribution in [0.15, 0.2) is 48.5 Å². The normalized spacial score (nSPS) is 27.1. The van der Waals surface area contributed by atoms with Crippen LogP contribution in [0.3, 0.4) is 0 Å². The molecule has 5 rings (SSSR count). The lowest BCUT2D eigenvalue weighted by atomic mass is 9.71. The van der Waals surface area contributed by atoms with Gasteiger partial charge in [0.1, 0.15) is 13.1 Å². The predicted octanol–water partition coefficient (Wildman–Crippen LogP) is 0.539. The second-order valence-electron chi connectivity index (χ2n) is 8.15. The summed E-state index contributed by atoms with van der Waals surface area (Å²) in [5, 5.41) is 11.8. The summed E-state index contributed by atoms with van der Waals surface area (Å²) in [6, 6.07) is 14.9. The molecule has 2 heterocycles. The predicted molar refractivity (Wildman–Crippen MR) is 107 cm³/mol. The number of hydrogen-bond acceptors (Lipinski definition) is 4. The maximum absolute atomic E-state index is 13.6. The maximum Gasteiger partial charge on any atom is 0.268 e. The number of aliphatic hydroxyl groups is 1. The van der Waals surface area contributed by atoms with Gasteiger partial charge in [0.2, 0.25) is 0 Å². The van der Waals surface area contributed by atoms with Crippen LogP contribution in [0, 0.1) is 5.92 Å². The van der Waals surface area contributed by atoms with Gasteiger partial charge in [-0.15, -0.1) is 0 Å². The van der Waals surface area contributed by atoms with Gasteiger partial charge in [0.15, 0.2) is 18.1 Å². The van der Waals surface area contributed by atoms with Crippen molar-refractivity contribution in [2.24, 2.45) is 5.92 Å². The van der Waals surface area contributed by atoms with E-state index in [1.807, 2.05) is 36.4 Å². The lowest BCUT2D eigenvalue weighted by molar-refractivity contribution is -0.906. The lowest BCUT2D eigenvalue weighted by Gasteiger charge is -2.34. The first-order valence-electron chi connectivity index (χ1n) is 10.3. The number of ketones is 1. The summed E-state index contributed by atoms with van der Waals surface area (Å²) in [6.45, 7) is 3.45. The average molecular weight is 393 g/mol. The Bertz CT molecular complexity index is 969. The van der Waals surface area contributed by atoms with Crippen molar-refractivity contribution in [3.05, 3.63) is 65.2 Å². The maximum atomic E-state index is 13.6. The number of amides is 1. The molecule has 2 atom stereocenters. The molecule has 6 heteroatoms. The van der Waals surface area contributed by atoms with Gasteiger partial charge in [0.05, 0.1) is 24.8 Å². The van der Waals surface area contributed by atoms with Crippen LogP contribution in [0.25, 0.3) is 0 Å². The van der Waals surface area contributed by atoms with E-state index in [2.05, 4.69) is 0 Å². The number of para-hydroxylation sites is 1. The second-order valence-corrected chi connectivity index (χ2v) is 8.15. The van der Waals surface area contributed by atoms with Crippen LogP contribution in [-0.4, -0.2) is 49.8 Å². The van der Waals surface area contributed by atoms with Crippen LogP contribution >= 0.6 is 0 Å². The van der Waals surface area contributed by atoms with Crippen molar-refractivity contribution < 1.29 is 24.3 Å². The molecule has 29 heavy (non-hydrogen) atoms. The highest BCUT2D eigenvalue weighted by atomic mass is 16.5. The fraction of sp³-hybridized carbons (Fsp3) is 0.391. The summed E-state index contributed by atoms with van der Waals surface area (Å²) in [5.74, 6) is -1.29. The number of nitrogens with one attached hydrogen (secondary N) is 1. The molecular formula is C23H25N2O4+. The van der Waals surface area contributed by atoms with E-state index in [4.69, 9.17) is 4.74 Å². The highest BCUT2D eigenvalue weighted by molar-refractivity contribution is 6.12. The van der Waals surface area contributed by atoms with Crippen LogP contribution in [0.4, 0.5) is 5.69 Å². The summed E-state index contributed by atoms with van der Waals surface area (Å²) >= 11 is 0. The number of benzene rings is 2. The number of ether oxygens (including phenoxy) is 1. The molecular weight excluding hydrogens is 368 g/mol. The van der Waals surface area contributed by atoms with Crippen LogP contribution in [0.2, 0.25) is 0 Å². The monoisotopic (exact) mass is 393 g/mol. The largest absolute Gasteiger partial charge is 0.375 e. The van der Waals surface area contributed by atoms with E-state index in [0.29, 0.717) is 49.5 Å². The average Bonchev–Trinajstić information content (AvgIpc) is 2.98. The van der Waals surface area contributed by atoms with Gasteiger partial charge >= 0.3 is 0 Å². The summed E-state index contributed by atoms with van der Waals surface area (Å²) < 4.78 is 5.43. The smallest absolute Gasteiger partial charge is 0.268 e. The van der Waals surface area contributed by atoms with Crippen molar-refractivity contribution >= 4 is 17.4 Å². The van der Waals surface area contributed by atoms with E-state index < -0.39 is 11.5 Å². The Kier molecular flexibility index (Phi) is 4.50. The number of anilines is 1. The minimum atomic E-state index is -1.81. The van der Waals surface area contributed by atoms with E-state index in [0.717, 1.165) is 18.7 Å². The van der Waals surface area contributed by atoms with Crippen LogP contribution < -0.4 is 9.80 Å². The summed E-state index contributed by atoms with van der Waals surface area (Å²) in [6.07, 6.45) is 1.14. The quantitative estimate of drug-likeness (QED) is 0.799. The zero-order valence-electron chi connectivity index (χ0n) is 16.3.